The Kier molecular flexibility index (Phi) is 2.00. The van der Waals surface area contributed by atoms with Crippen molar-refractivity contribution in [1.29, 1.82) is 0 Å². The minimum Gasteiger partial charge on any atom is -0.711 e. The van der Waals surface area contributed by atoms with Crippen molar-refractivity contribution in [3.8, 4) is 0 Å². The summed E-state index contributed by atoms with van der Waals surface area (Å²) in [5.74, 6) is 0. The van der Waals surface area contributed by atoms with Gasteiger partial charge in [-0.25, -0.2) is 9.71 Å². The summed E-state index contributed by atoms with van der Waals surface area (Å²) in [4.78, 5) is 2.96. The lowest BCUT2D eigenvalue weighted by molar-refractivity contribution is -0.579. The predicted octanol–water partition coefficient (Wildman–Crippen LogP) is 2.13. The molecule has 4 heteroatoms. The molecule has 0 aliphatic carbocycles. The number of halogens is 1. The first-order chi connectivity index (χ1) is 6.22. The highest BCUT2D eigenvalue weighted by Gasteiger charge is 2.09. The van der Waals surface area contributed by atoms with Gasteiger partial charge < -0.3 is 5.21 Å². The Morgan fingerprint density at radius 2 is 2.38 bits per heavy atom. The van der Waals surface area contributed by atoms with Crippen LogP contribution in [0, 0.1) is 5.21 Å². The molecule has 0 saturated heterocycles. The number of H-pyrrole nitrogens is 1. The van der Waals surface area contributed by atoms with Crippen molar-refractivity contribution < 1.29 is 4.73 Å². The average molecular weight is 241 g/mol. The molecule has 13 heavy (non-hydrogen) atoms. The van der Waals surface area contributed by atoms with Crippen LogP contribution < -0.4 is 4.73 Å². The van der Waals surface area contributed by atoms with E-state index >= 15 is 0 Å². The maximum atomic E-state index is 11.4. The zero-order valence-electron chi connectivity index (χ0n) is 7.17. The molecule has 2 rings (SSSR count). The van der Waals surface area contributed by atoms with Crippen LogP contribution in [0.5, 0.6) is 0 Å². The predicted molar refractivity (Wildman–Crippen MR) is 54.3 cm³/mol. The number of nitrogens with one attached hydrogen (secondary N) is 1. The molecule has 0 aromatic carbocycles. The molecule has 2 aromatic heterocycles. The number of aryl methyl sites for hydroxylation is 1. The van der Waals surface area contributed by atoms with E-state index in [1.165, 1.54) is 11.8 Å². The number of hydrogen-bond donors (Lipinski definition) is 1. The lowest BCUT2D eigenvalue weighted by atomic mass is 10.2. The van der Waals surface area contributed by atoms with E-state index in [4.69, 9.17) is 0 Å². The van der Waals surface area contributed by atoms with Gasteiger partial charge in [0.15, 0.2) is 0 Å². The molecule has 2 heterocycles. The van der Waals surface area contributed by atoms with E-state index in [-0.39, 0.29) is 0 Å². The first kappa shape index (κ1) is 8.56. The largest absolute Gasteiger partial charge is 0.711 e. The van der Waals surface area contributed by atoms with E-state index in [1.54, 1.807) is 0 Å². The van der Waals surface area contributed by atoms with E-state index < -0.39 is 0 Å². The van der Waals surface area contributed by atoms with Gasteiger partial charge in [0.05, 0.1) is 16.1 Å². The fraction of sp³-hybridized carbons (Fsp3) is 0.222. The number of pyridine rings is 1. The van der Waals surface area contributed by atoms with Gasteiger partial charge in [0.25, 0.3) is 5.65 Å². The van der Waals surface area contributed by atoms with Gasteiger partial charge in [-0.15, -0.1) is 0 Å². The first-order valence-corrected chi connectivity index (χ1v) is 4.90. The molecule has 0 aliphatic heterocycles. The van der Waals surface area contributed by atoms with E-state index in [9.17, 15) is 5.21 Å². The van der Waals surface area contributed by atoms with E-state index in [0.29, 0.717) is 5.65 Å². The van der Waals surface area contributed by atoms with Gasteiger partial charge in [-0.3, -0.25) is 0 Å². The molecule has 0 atom stereocenters. The lowest BCUT2D eigenvalue weighted by Gasteiger charge is -2.02. The molecular weight excluding hydrogens is 232 g/mol. The maximum Gasteiger partial charge on any atom is 0.289 e. The molecule has 0 radical (unpaired) electrons. The summed E-state index contributed by atoms with van der Waals surface area (Å²) in [7, 11) is 0. The van der Waals surface area contributed by atoms with Crippen molar-refractivity contribution in [2.24, 2.45) is 0 Å². The summed E-state index contributed by atoms with van der Waals surface area (Å²) in [5.41, 5.74) is 1.79. The highest BCUT2D eigenvalue weighted by Crippen LogP contribution is 2.19. The third-order valence-electron chi connectivity index (χ3n) is 2.11. The van der Waals surface area contributed by atoms with Crippen LogP contribution in [0.3, 0.4) is 0 Å². The molecule has 0 saturated carbocycles. The average Bonchev–Trinajstić information content (AvgIpc) is 2.47. The van der Waals surface area contributed by atoms with Crippen LogP contribution in [-0.4, -0.2) is 4.98 Å². The van der Waals surface area contributed by atoms with Crippen LogP contribution in [0.25, 0.3) is 11.0 Å². The highest BCUT2D eigenvalue weighted by molar-refractivity contribution is 9.10. The summed E-state index contributed by atoms with van der Waals surface area (Å²) < 4.78 is 1.66. The van der Waals surface area contributed by atoms with Crippen LogP contribution in [0.4, 0.5) is 0 Å². The van der Waals surface area contributed by atoms with E-state index in [1.807, 2.05) is 12.3 Å². The van der Waals surface area contributed by atoms with Crippen molar-refractivity contribution >= 4 is 27.0 Å². The minimum atomic E-state index is 0.625. The number of hydrogen-bond acceptors (Lipinski definition) is 1. The number of aromatic amines is 1. The van der Waals surface area contributed by atoms with Crippen LogP contribution in [0.15, 0.2) is 22.9 Å². The molecule has 0 fully saturated rings. The van der Waals surface area contributed by atoms with Crippen LogP contribution >= 0.6 is 15.9 Å². The van der Waals surface area contributed by atoms with Crippen LogP contribution in [0.1, 0.15) is 12.5 Å². The Morgan fingerprint density at radius 3 is 3.08 bits per heavy atom. The molecule has 0 bridgehead atoms. The lowest BCUT2D eigenvalue weighted by Crippen LogP contribution is -2.26. The third-order valence-corrected chi connectivity index (χ3v) is 2.54. The standard InChI is InChI=1S/C9H9BrN2O/c1-2-6-4-11-9-8(6)3-7(10)5-12(9)13/h3-5,11H,2H2,1H3. The van der Waals surface area contributed by atoms with Gasteiger partial charge in [0.2, 0.25) is 0 Å². The number of rotatable bonds is 1. The van der Waals surface area contributed by atoms with Gasteiger partial charge in [-0.1, -0.05) is 6.92 Å². The second kappa shape index (κ2) is 3.03. The van der Waals surface area contributed by atoms with Crippen molar-refractivity contribution in [2.45, 2.75) is 13.3 Å². The third kappa shape index (κ3) is 1.31. The van der Waals surface area contributed by atoms with Crippen molar-refractivity contribution in [2.75, 3.05) is 0 Å². The van der Waals surface area contributed by atoms with Gasteiger partial charge in [-0.05, 0) is 28.4 Å². The molecule has 3 nitrogen and oxygen atoms in total. The van der Waals surface area contributed by atoms with Crippen molar-refractivity contribution in [3.05, 3.63) is 33.7 Å². The van der Waals surface area contributed by atoms with E-state index in [0.717, 1.165) is 21.0 Å². The fourth-order valence-corrected chi connectivity index (χ4v) is 1.87. The number of aromatic nitrogens is 2. The molecule has 0 unspecified atom stereocenters. The summed E-state index contributed by atoms with van der Waals surface area (Å²) in [6, 6.07) is 1.96. The quantitative estimate of drug-likeness (QED) is 0.603. The summed E-state index contributed by atoms with van der Waals surface area (Å²) >= 11 is 3.30. The Balaban J connectivity index is 2.82. The summed E-state index contributed by atoms with van der Waals surface area (Å²) in [6.45, 7) is 2.07. The van der Waals surface area contributed by atoms with Crippen LogP contribution in [0.2, 0.25) is 0 Å². The first-order valence-electron chi connectivity index (χ1n) is 4.11. The molecule has 0 amide bonds. The number of nitrogens with zero attached hydrogens (tertiary/aromatic N) is 1. The molecule has 0 spiro atoms. The van der Waals surface area contributed by atoms with Crippen molar-refractivity contribution in [1.82, 2.24) is 4.98 Å². The summed E-state index contributed by atoms with van der Waals surface area (Å²) in [6.07, 6.45) is 4.31. The zero-order chi connectivity index (χ0) is 9.42. The molecule has 0 aliphatic rings. The topological polar surface area (TPSA) is 42.7 Å². The fourth-order valence-electron chi connectivity index (χ4n) is 1.45. The smallest absolute Gasteiger partial charge is 0.289 e. The second-order valence-corrected chi connectivity index (χ2v) is 3.83. The Labute approximate surface area is 84.1 Å². The minimum absolute atomic E-state index is 0.625. The van der Waals surface area contributed by atoms with Gasteiger partial charge in [0, 0.05) is 5.56 Å². The monoisotopic (exact) mass is 240 g/mol. The van der Waals surface area contributed by atoms with Gasteiger partial charge in [-0.2, -0.15) is 0 Å². The Bertz CT molecular complexity index is 450. The van der Waals surface area contributed by atoms with Gasteiger partial charge >= 0.3 is 0 Å². The van der Waals surface area contributed by atoms with Crippen molar-refractivity contribution in [3.63, 3.8) is 0 Å². The maximum absolute atomic E-state index is 11.4. The molecular formula is C9H9BrN2O. The molecule has 68 valence electrons. The van der Waals surface area contributed by atoms with Gasteiger partial charge in [0.1, 0.15) is 6.20 Å². The SMILES string of the molecule is CCc1c[nH]c2c1cc(Br)c[n+]2[O-]. The molecule has 1 N–H and O–H groups in total. The zero-order valence-corrected chi connectivity index (χ0v) is 8.76. The number of fused-ring (bicyclic) bond motifs is 1. The molecule has 2 aromatic rings. The highest BCUT2D eigenvalue weighted by atomic mass is 79.9. The second-order valence-electron chi connectivity index (χ2n) is 2.91. The Hall–Kier alpha value is -1.03. The Morgan fingerprint density at radius 1 is 1.62 bits per heavy atom. The normalized spacial score (nSPS) is 10.9. The summed E-state index contributed by atoms with van der Waals surface area (Å²) in [5, 5.41) is 12.4. The van der Waals surface area contributed by atoms with E-state index in [2.05, 4.69) is 27.8 Å². The van der Waals surface area contributed by atoms with Crippen LogP contribution in [-0.2, 0) is 6.42 Å².